The third-order valence-corrected chi connectivity index (χ3v) is 12.4. The van der Waals surface area contributed by atoms with E-state index in [4.69, 9.17) is 0 Å². The van der Waals surface area contributed by atoms with Crippen molar-refractivity contribution in [1.82, 2.24) is 0 Å². The van der Waals surface area contributed by atoms with Crippen LogP contribution in [0.3, 0.4) is 0 Å². The molecule has 0 amide bonds. The zero-order valence-electron chi connectivity index (χ0n) is 29.9. The van der Waals surface area contributed by atoms with Gasteiger partial charge in [-0.05, 0) is 17.5 Å². The summed E-state index contributed by atoms with van der Waals surface area (Å²) >= 11 is 1.36. The van der Waals surface area contributed by atoms with Gasteiger partial charge in [0.1, 0.15) is 0 Å². The average molecular weight is 791 g/mol. The number of hydrogen-bond donors (Lipinski definition) is 0. The van der Waals surface area contributed by atoms with Gasteiger partial charge >= 0.3 is 30.2 Å². The number of rotatable bonds is 5. The minimum absolute atomic E-state index is 0. The normalized spacial score (nSPS) is 10.5. The van der Waals surface area contributed by atoms with Crippen LogP contribution < -0.4 is 10.4 Å². The summed E-state index contributed by atoms with van der Waals surface area (Å²) < 4.78 is 0. The molecule has 0 heterocycles. The quantitative estimate of drug-likeness (QED) is 0.121. The molecule has 6 heteroatoms. The molecule has 0 atom stereocenters. The van der Waals surface area contributed by atoms with Gasteiger partial charge in [-0.3, -0.25) is 0 Å². The zero-order chi connectivity index (χ0) is 31.4. The average Bonchev–Trinajstić information content (AvgIpc) is 3.60. The first-order valence-corrected chi connectivity index (χ1v) is 26.4. The van der Waals surface area contributed by atoms with E-state index >= 15 is 0 Å². The predicted octanol–water partition coefficient (Wildman–Crippen LogP) is 11.8. The molecule has 250 valence electrons. The molecule has 0 unspecified atom stereocenters. The zero-order valence-corrected chi connectivity index (χ0v) is 37.0. The van der Waals surface area contributed by atoms with Crippen LogP contribution in [0.1, 0.15) is 18.1 Å². The number of aryl methyl sites for hydroxylation is 2. The van der Waals surface area contributed by atoms with Gasteiger partial charge in [0.2, 0.25) is 0 Å². The van der Waals surface area contributed by atoms with Gasteiger partial charge in [-0.2, -0.15) is 12.1 Å². The molecular formula is C41H52Cl2Si3Zr-4. The Morgan fingerprint density at radius 3 is 1.34 bits per heavy atom. The summed E-state index contributed by atoms with van der Waals surface area (Å²) in [6.45, 7) is 21.8. The van der Waals surface area contributed by atoms with E-state index in [-0.39, 0.29) is 39.7 Å². The summed E-state index contributed by atoms with van der Waals surface area (Å²) in [5.41, 5.74) is 8.12. The van der Waals surface area contributed by atoms with Crippen LogP contribution in [0.5, 0.6) is 0 Å². The maximum atomic E-state index is 3.06. The van der Waals surface area contributed by atoms with Gasteiger partial charge in [-0.1, -0.05) is 135 Å². The van der Waals surface area contributed by atoms with E-state index in [9.17, 15) is 0 Å². The van der Waals surface area contributed by atoms with Gasteiger partial charge in [-0.15, -0.1) is 93.9 Å². The molecule has 0 saturated carbocycles. The number of benzene rings is 4. The Hall–Kier alpha value is -1.79. The Kier molecular flexibility index (Phi) is 18.7. The van der Waals surface area contributed by atoms with Crippen LogP contribution in [0.4, 0.5) is 0 Å². The molecule has 6 aromatic rings. The van der Waals surface area contributed by atoms with Crippen LogP contribution in [0, 0.1) is 21.8 Å². The molecule has 0 aliphatic carbocycles. The Morgan fingerprint density at radius 2 is 0.957 bits per heavy atom. The molecule has 6 aromatic carbocycles. The van der Waals surface area contributed by atoms with E-state index in [0.29, 0.717) is 0 Å². The Bertz CT molecular complexity index is 1800. The van der Waals surface area contributed by atoms with Crippen LogP contribution in [0.15, 0.2) is 109 Å². The van der Waals surface area contributed by atoms with Crippen LogP contribution in [-0.2, 0) is 29.8 Å². The number of fused-ring (bicyclic) bond motifs is 2. The van der Waals surface area contributed by atoms with Gasteiger partial charge in [0, 0.05) is 0 Å². The molecule has 2 radical (unpaired) electrons. The van der Waals surface area contributed by atoms with Crippen molar-refractivity contribution in [2.24, 2.45) is 0 Å². The summed E-state index contributed by atoms with van der Waals surface area (Å²) in [5.74, 6) is 0. The van der Waals surface area contributed by atoms with Crippen molar-refractivity contribution in [3.63, 3.8) is 0 Å². The predicted molar refractivity (Wildman–Crippen MR) is 223 cm³/mol. The van der Waals surface area contributed by atoms with Crippen LogP contribution >= 0.6 is 24.8 Å². The molecule has 0 nitrogen and oxygen atoms in total. The minimum atomic E-state index is -1.21. The molecule has 47 heavy (non-hydrogen) atoms. The molecule has 0 N–H and O–H groups in total. The molecule has 0 bridgehead atoms. The van der Waals surface area contributed by atoms with Crippen LogP contribution in [0.25, 0.3) is 43.8 Å². The second kappa shape index (κ2) is 19.4. The van der Waals surface area contributed by atoms with E-state index < -0.39 is 16.1 Å². The number of halogens is 2. The second-order valence-electron chi connectivity index (χ2n) is 13.5. The number of hydrogen-bond acceptors (Lipinski definition) is 0. The Balaban J connectivity index is 0.000000792. The summed E-state index contributed by atoms with van der Waals surface area (Å²) in [6.07, 6.45) is 1.10. The summed E-state index contributed by atoms with van der Waals surface area (Å²) in [5, 5.41) is 8.50. The van der Waals surface area contributed by atoms with Crippen molar-refractivity contribution < 1.29 is 23.3 Å². The molecule has 0 aliphatic rings. The van der Waals surface area contributed by atoms with Gasteiger partial charge in [0.15, 0.2) is 0 Å². The van der Waals surface area contributed by atoms with E-state index in [1.165, 1.54) is 88.6 Å². The standard InChI is InChI=1S/C20H23Si.C19H21Si.2CH3.2ClH.Si.Zr/c1-5-15-13-17-7-6-8-19(20(17)14-15)16-9-11-18(12-10-16)21(2,3)4;1-14-12-16-6-5-7-18(19(16)13-14)15-8-10-17(11-9-15)20(2,3)4;;;;;;/h6-14H,5H2,1-4H3;5-13H,1-4H3;2*1H3;2*1H;;/q4*-1;;;;. The first-order chi connectivity index (χ1) is 20.4. The maximum absolute atomic E-state index is 3.06. The fourth-order valence-electron chi connectivity index (χ4n) is 5.69. The van der Waals surface area contributed by atoms with E-state index in [2.05, 4.69) is 169 Å². The van der Waals surface area contributed by atoms with Crippen LogP contribution in [0.2, 0.25) is 39.3 Å². The topological polar surface area (TPSA) is 0 Å². The Labute approximate surface area is 317 Å². The monoisotopic (exact) mass is 788 g/mol. The molecular weight excluding hydrogens is 739 g/mol. The third kappa shape index (κ3) is 11.1. The van der Waals surface area contributed by atoms with Crippen molar-refractivity contribution in [2.75, 3.05) is 0 Å². The first kappa shape index (κ1) is 45.2. The summed E-state index contributed by atoms with van der Waals surface area (Å²) in [7, 11) is -2.42. The van der Waals surface area contributed by atoms with Crippen molar-refractivity contribution in [1.29, 1.82) is 0 Å². The van der Waals surface area contributed by atoms with Gasteiger partial charge in [-0.25, -0.2) is 0 Å². The Morgan fingerprint density at radius 1 is 0.574 bits per heavy atom. The molecule has 0 spiro atoms. The van der Waals surface area contributed by atoms with E-state index in [0.717, 1.165) is 6.42 Å². The van der Waals surface area contributed by atoms with Gasteiger partial charge in [0.25, 0.3) is 0 Å². The van der Waals surface area contributed by atoms with E-state index in [1.807, 2.05) is 0 Å². The van der Waals surface area contributed by atoms with Gasteiger partial charge in [0.05, 0.1) is 16.1 Å². The van der Waals surface area contributed by atoms with Gasteiger partial charge < -0.3 is 14.9 Å². The summed E-state index contributed by atoms with van der Waals surface area (Å²) in [6, 6.07) is 40.8. The first-order valence-electron chi connectivity index (χ1n) is 15.3. The van der Waals surface area contributed by atoms with Crippen molar-refractivity contribution in [3.8, 4) is 22.3 Å². The van der Waals surface area contributed by atoms with E-state index in [1.54, 1.807) is 0 Å². The second-order valence-corrected chi connectivity index (χ2v) is 23.7. The van der Waals surface area contributed by atoms with Crippen LogP contribution in [-0.4, -0.2) is 23.0 Å². The fraction of sp³-hybridized carbons (Fsp3) is 0.220. The van der Waals surface area contributed by atoms with Crippen molar-refractivity contribution >= 4 is 79.8 Å². The summed E-state index contributed by atoms with van der Waals surface area (Å²) in [4.78, 5) is 0. The van der Waals surface area contributed by atoms with Crippen molar-refractivity contribution in [2.45, 2.75) is 59.6 Å². The SMILES string of the molecule is CCc1cc2c(-c3ccc([Si](C)(C)C)cc3)cccc2[cH-]1.Cc1cc2c(-c3ccc([Si](C)(C)C)cc3)cccc2[cH-]1.Cl.Cl.[CH3-].[CH3-].[Si]=[Zr]. The van der Waals surface area contributed by atoms with Crippen molar-refractivity contribution in [3.05, 3.63) is 135 Å². The molecule has 6 rings (SSSR count). The molecule has 0 saturated heterocycles. The fourth-order valence-corrected chi connectivity index (χ4v) is 8.02. The molecule has 0 fully saturated rings. The molecule has 0 aromatic heterocycles. The molecule has 0 aliphatic heterocycles. The third-order valence-electron chi connectivity index (χ3n) is 8.24.